The molecule has 1 fully saturated rings. The van der Waals surface area contributed by atoms with Crippen molar-refractivity contribution in [2.75, 3.05) is 0 Å². The maximum atomic E-state index is 4.51. The van der Waals surface area contributed by atoms with Gasteiger partial charge in [-0.15, -0.1) is 11.3 Å². The molecule has 0 aromatic carbocycles. The quantitative estimate of drug-likeness (QED) is 0.754. The van der Waals surface area contributed by atoms with Gasteiger partial charge in [-0.3, -0.25) is 0 Å². The van der Waals surface area contributed by atoms with Crippen molar-refractivity contribution in [3.05, 3.63) is 16.6 Å². The number of thiazole rings is 1. The molecule has 1 atom stereocenters. The van der Waals surface area contributed by atoms with E-state index in [0.717, 1.165) is 6.42 Å². The van der Waals surface area contributed by atoms with Crippen LogP contribution < -0.4 is 5.32 Å². The summed E-state index contributed by atoms with van der Waals surface area (Å²) in [7, 11) is 0. The number of nitrogens with zero attached hydrogens (tertiary/aromatic N) is 1. The summed E-state index contributed by atoms with van der Waals surface area (Å²) in [5.41, 5.74) is 0. The Morgan fingerprint density at radius 3 is 2.10 bits per heavy atom. The van der Waals surface area contributed by atoms with Crippen LogP contribution in [0.15, 0.2) is 11.6 Å². The van der Waals surface area contributed by atoms with E-state index in [1.54, 1.807) is 11.3 Å². The SMILES string of the molecule is CCC(NC1CCCCCCCCCCC1)c1nccs1. The van der Waals surface area contributed by atoms with Crippen LogP contribution in [0, 0.1) is 0 Å². The molecule has 0 saturated heterocycles. The number of nitrogens with one attached hydrogen (secondary N) is 1. The fourth-order valence-electron chi connectivity index (χ4n) is 3.38. The lowest BCUT2D eigenvalue weighted by Gasteiger charge is -2.24. The number of rotatable bonds is 4. The maximum absolute atomic E-state index is 4.51. The molecule has 0 radical (unpaired) electrons. The van der Waals surface area contributed by atoms with Gasteiger partial charge in [0.15, 0.2) is 0 Å². The molecule has 120 valence electrons. The average Bonchev–Trinajstić information content (AvgIpc) is 3.01. The average molecular weight is 309 g/mol. The van der Waals surface area contributed by atoms with Gasteiger partial charge in [0.25, 0.3) is 0 Å². The second kappa shape index (κ2) is 10.3. The van der Waals surface area contributed by atoms with Crippen molar-refractivity contribution in [1.29, 1.82) is 0 Å². The molecule has 0 amide bonds. The predicted octanol–water partition coefficient (Wildman–Crippen LogP) is 5.86. The highest BCUT2D eigenvalue weighted by Crippen LogP contribution is 2.23. The Balaban J connectivity index is 1.84. The zero-order valence-electron chi connectivity index (χ0n) is 13.7. The minimum absolute atomic E-state index is 0.461. The Morgan fingerprint density at radius 2 is 1.62 bits per heavy atom. The topological polar surface area (TPSA) is 24.9 Å². The van der Waals surface area contributed by atoms with Crippen molar-refractivity contribution in [2.24, 2.45) is 0 Å². The summed E-state index contributed by atoms with van der Waals surface area (Å²) < 4.78 is 0. The van der Waals surface area contributed by atoms with Gasteiger partial charge in [-0.05, 0) is 19.3 Å². The van der Waals surface area contributed by atoms with Crippen LogP contribution in [0.4, 0.5) is 0 Å². The molecule has 2 rings (SSSR count). The molecule has 0 bridgehead atoms. The molecular formula is C18H32N2S. The van der Waals surface area contributed by atoms with E-state index in [2.05, 4.69) is 22.6 Å². The highest BCUT2D eigenvalue weighted by atomic mass is 32.1. The third-order valence-electron chi connectivity index (χ3n) is 4.70. The lowest BCUT2D eigenvalue weighted by Crippen LogP contribution is -2.32. The van der Waals surface area contributed by atoms with Gasteiger partial charge in [-0.1, -0.05) is 64.7 Å². The predicted molar refractivity (Wildman–Crippen MR) is 92.9 cm³/mol. The molecule has 1 aliphatic rings. The van der Waals surface area contributed by atoms with Gasteiger partial charge in [-0.2, -0.15) is 0 Å². The van der Waals surface area contributed by atoms with E-state index < -0.39 is 0 Å². The molecule has 1 saturated carbocycles. The van der Waals surface area contributed by atoms with E-state index in [1.807, 2.05) is 6.20 Å². The molecule has 1 unspecified atom stereocenters. The summed E-state index contributed by atoms with van der Waals surface area (Å²) in [6.07, 6.45) is 18.7. The van der Waals surface area contributed by atoms with Gasteiger partial charge in [0.1, 0.15) is 5.01 Å². The van der Waals surface area contributed by atoms with E-state index >= 15 is 0 Å². The third-order valence-corrected chi connectivity index (χ3v) is 5.59. The van der Waals surface area contributed by atoms with Crippen LogP contribution in [0.25, 0.3) is 0 Å². The van der Waals surface area contributed by atoms with Crippen LogP contribution in [0.2, 0.25) is 0 Å². The summed E-state index contributed by atoms with van der Waals surface area (Å²) in [6, 6.07) is 1.15. The Labute approximate surface area is 134 Å². The first-order valence-corrected chi connectivity index (χ1v) is 9.93. The van der Waals surface area contributed by atoms with Crippen molar-refractivity contribution in [3.8, 4) is 0 Å². The molecule has 3 heteroatoms. The Bertz CT molecular complexity index is 338. The molecule has 1 aromatic heterocycles. The lowest BCUT2D eigenvalue weighted by molar-refractivity contribution is 0.359. The van der Waals surface area contributed by atoms with Crippen LogP contribution in [0.3, 0.4) is 0 Å². The zero-order valence-corrected chi connectivity index (χ0v) is 14.5. The molecule has 21 heavy (non-hydrogen) atoms. The van der Waals surface area contributed by atoms with Crippen LogP contribution >= 0.6 is 11.3 Å². The summed E-state index contributed by atoms with van der Waals surface area (Å²) in [5.74, 6) is 0. The second-order valence-electron chi connectivity index (χ2n) is 6.45. The van der Waals surface area contributed by atoms with E-state index in [9.17, 15) is 0 Å². The molecule has 1 aromatic rings. The standard InChI is InChI=1S/C18H32N2S/c1-2-17(18-19-14-15-21-18)20-16-12-10-8-6-4-3-5-7-9-11-13-16/h14-17,20H,2-13H2,1H3. The van der Waals surface area contributed by atoms with E-state index in [4.69, 9.17) is 0 Å². The molecule has 2 nitrogen and oxygen atoms in total. The number of hydrogen-bond acceptors (Lipinski definition) is 3. The maximum Gasteiger partial charge on any atom is 0.109 e. The minimum Gasteiger partial charge on any atom is -0.305 e. The van der Waals surface area contributed by atoms with E-state index in [0.29, 0.717) is 12.1 Å². The van der Waals surface area contributed by atoms with Gasteiger partial charge >= 0.3 is 0 Å². The minimum atomic E-state index is 0.461. The van der Waals surface area contributed by atoms with Crippen molar-refractivity contribution in [3.63, 3.8) is 0 Å². The molecular weight excluding hydrogens is 276 g/mol. The summed E-state index contributed by atoms with van der Waals surface area (Å²) in [4.78, 5) is 4.51. The van der Waals surface area contributed by atoms with Crippen LogP contribution in [-0.4, -0.2) is 11.0 Å². The first kappa shape index (κ1) is 17.0. The van der Waals surface area contributed by atoms with E-state index in [-0.39, 0.29) is 0 Å². The Hall–Kier alpha value is -0.410. The van der Waals surface area contributed by atoms with Crippen LogP contribution in [-0.2, 0) is 0 Å². The summed E-state index contributed by atoms with van der Waals surface area (Å²) >= 11 is 1.79. The highest BCUT2D eigenvalue weighted by molar-refractivity contribution is 7.09. The van der Waals surface area contributed by atoms with Crippen molar-refractivity contribution in [1.82, 2.24) is 10.3 Å². The van der Waals surface area contributed by atoms with Gasteiger partial charge < -0.3 is 5.32 Å². The largest absolute Gasteiger partial charge is 0.305 e. The molecule has 1 N–H and O–H groups in total. The monoisotopic (exact) mass is 308 g/mol. The van der Waals surface area contributed by atoms with Gasteiger partial charge in [0.2, 0.25) is 0 Å². The lowest BCUT2D eigenvalue weighted by atomic mass is 9.97. The fraction of sp³-hybridized carbons (Fsp3) is 0.833. The van der Waals surface area contributed by atoms with Crippen LogP contribution in [0.1, 0.15) is 95.0 Å². The summed E-state index contributed by atoms with van der Waals surface area (Å²) in [6.45, 7) is 2.27. The summed E-state index contributed by atoms with van der Waals surface area (Å²) in [5, 5.41) is 7.27. The molecule has 1 aliphatic carbocycles. The number of aromatic nitrogens is 1. The van der Waals surface area contributed by atoms with Gasteiger partial charge in [-0.25, -0.2) is 4.98 Å². The number of hydrogen-bond donors (Lipinski definition) is 1. The molecule has 1 heterocycles. The Kier molecular flexibility index (Phi) is 8.35. The highest BCUT2D eigenvalue weighted by Gasteiger charge is 2.17. The van der Waals surface area contributed by atoms with Crippen molar-refractivity contribution < 1.29 is 0 Å². The first-order valence-electron chi connectivity index (χ1n) is 9.05. The molecule has 0 spiro atoms. The second-order valence-corrected chi connectivity index (χ2v) is 7.38. The smallest absolute Gasteiger partial charge is 0.109 e. The van der Waals surface area contributed by atoms with E-state index in [1.165, 1.54) is 75.6 Å². The fourth-order valence-corrected chi connectivity index (χ4v) is 4.17. The van der Waals surface area contributed by atoms with Crippen molar-refractivity contribution in [2.45, 2.75) is 96.1 Å². The Morgan fingerprint density at radius 1 is 1.05 bits per heavy atom. The molecule has 0 aliphatic heterocycles. The first-order chi connectivity index (χ1) is 10.4. The van der Waals surface area contributed by atoms with Gasteiger partial charge in [0.05, 0.1) is 6.04 Å². The third kappa shape index (κ3) is 6.48. The normalized spacial score (nSPS) is 21.4. The van der Waals surface area contributed by atoms with Crippen molar-refractivity contribution >= 4 is 11.3 Å². The zero-order chi connectivity index (χ0) is 14.8. The van der Waals surface area contributed by atoms with Crippen LogP contribution in [0.5, 0.6) is 0 Å². The van der Waals surface area contributed by atoms with Gasteiger partial charge in [0, 0.05) is 17.6 Å².